The maximum absolute atomic E-state index is 13.1. The van der Waals surface area contributed by atoms with E-state index in [2.05, 4.69) is 25.2 Å². The van der Waals surface area contributed by atoms with Crippen LogP contribution in [0.2, 0.25) is 0 Å². The number of hydrogen-bond acceptors (Lipinski definition) is 2. The number of aryl methyl sites for hydroxylation is 1. The Morgan fingerprint density at radius 2 is 2.00 bits per heavy atom. The van der Waals surface area contributed by atoms with Gasteiger partial charge in [0.1, 0.15) is 11.6 Å². The fraction of sp³-hybridized carbons (Fsp3) is 0.350. The Labute approximate surface area is 142 Å². The molecule has 128 valence electrons. The lowest BCUT2D eigenvalue weighted by Crippen LogP contribution is -2.30. The van der Waals surface area contributed by atoms with Crippen LogP contribution in [-0.4, -0.2) is 19.1 Å². The smallest absolute Gasteiger partial charge is 0.257 e. The van der Waals surface area contributed by atoms with Gasteiger partial charge in [0, 0.05) is 6.54 Å². The van der Waals surface area contributed by atoms with E-state index in [1.54, 1.807) is 6.07 Å². The van der Waals surface area contributed by atoms with Crippen molar-refractivity contribution >= 4 is 5.91 Å². The molecule has 4 heteroatoms. The van der Waals surface area contributed by atoms with E-state index in [9.17, 15) is 9.18 Å². The summed E-state index contributed by atoms with van der Waals surface area (Å²) in [5, 5.41) is 2.79. The van der Waals surface area contributed by atoms with Crippen LogP contribution in [0.25, 0.3) is 0 Å². The summed E-state index contributed by atoms with van der Waals surface area (Å²) in [7, 11) is 0. The molecule has 3 nitrogen and oxygen atoms in total. The molecule has 0 spiro atoms. The standard InChI is InChI=1S/C20H24FNO2/c1-14(2)17-8-7-15(3)19(12-17)24-13-20(23)22-10-9-16-5-4-6-18(21)11-16/h4-8,11-12,14H,9-10,13H2,1-3H3,(H,22,23). The van der Waals surface area contributed by atoms with Gasteiger partial charge in [0.15, 0.2) is 6.61 Å². The molecule has 0 aliphatic carbocycles. The molecule has 2 aromatic carbocycles. The first-order valence-corrected chi connectivity index (χ1v) is 8.20. The minimum Gasteiger partial charge on any atom is -0.483 e. The van der Waals surface area contributed by atoms with Gasteiger partial charge in [-0.1, -0.05) is 38.1 Å². The van der Waals surface area contributed by atoms with Crippen molar-refractivity contribution in [2.45, 2.75) is 33.1 Å². The molecule has 0 fully saturated rings. The number of carbonyl (C=O) groups excluding carboxylic acids is 1. The number of benzene rings is 2. The van der Waals surface area contributed by atoms with Crippen molar-refractivity contribution in [3.05, 3.63) is 65.0 Å². The Morgan fingerprint density at radius 1 is 1.21 bits per heavy atom. The number of ether oxygens (including phenoxy) is 1. The Kier molecular flexibility index (Phi) is 6.36. The van der Waals surface area contributed by atoms with Crippen LogP contribution < -0.4 is 10.1 Å². The first kappa shape index (κ1) is 18.0. The molecule has 0 atom stereocenters. The monoisotopic (exact) mass is 329 g/mol. The van der Waals surface area contributed by atoms with Gasteiger partial charge in [-0.15, -0.1) is 0 Å². The zero-order valence-corrected chi connectivity index (χ0v) is 14.4. The van der Waals surface area contributed by atoms with Crippen molar-refractivity contribution in [3.8, 4) is 5.75 Å². The molecule has 1 N–H and O–H groups in total. The van der Waals surface area contributed by atoms with Gasteiger partial charge in [0.05, 0.1) is 0 Å². The van der Waals surface area contributed by atoms with Crippen LogP contribution in [0.3, 0.4) is 0 Å². The number of carbonyl (C=O) groups is 1. The summed E-state index contributed by atoms with van der Waals surface area (Å²) < 4.78 is 18.7. The second-order valence-electron chi connectivity index (χ2n) is 6.20. The van der Waals surface area contributed by atoms with Gasteiger partial charge in [-0.25, -0.2) is 4.39 Å². The summed E-state index contributed by atoms with van der Waals surface area (Å²) in [6.45, 7) is 6.63. The van der Waals surface area contributed by atoms with Gasteiger partial charge < -0.3 is 10.1 Å². The molecule has 24 heavy (non-hydrogen) atoms. The minimum absolute atomic E-state index is 0.0223. The van der Waals surface area contributed by atoms with Crippen molar-refractivity contribution in [2.75, 3.05) is 13.2 Å². The molecule has 0 heterocycles. The summed E-state index contributed by atoms with van der Waals surface area (Å²) in [5.74, 6) is 0.706. The fourth-order valence-corrected chi connectivity index (χ4v) is 2.36. The minimum atomic E-state index is -0.261. The van der Waals surface area contributed by atoms with E-state index in [0.29, 0.717) is 18.9 Å². The van der Waals surface area contributed by atoms with E-state index in [-0.39, 0.29) is 18.3 Å². The van der Waals surface area contributed by atoms with E-state index < -0.39 is 0 Å². The second-order valence-corrected chi connectivity index (χ2v) is 6.20. The van der Waals surface area contributed by atoms with Gasteiger partial charge in [-0.3, -0.25) is 4.79 Å². The lowest BCUT2D eigenvalue weighted by atomic mass is 10.0. The number of amides is 1. The molecule has 0 aliphatic heterocycles. The molecule has 0 unspecified atom stereocenters. The van der Waals surface area contributed by atoms with Gasteiger partial charge in [0.25, 0.3) is 5.91 Å². The Bertz CT molecular complexity index is 698. The van der Waals surface area contributed by atoms with Crippen LogP contribution in [0, 0.1) is 12.7 Å². The van der Waals surface area contributed by atoms with Crippen molar-refractivity contribution in [1.29, 1.82) is 0 Å². The Balaban J connectivity index is 1.80. The SMILES string of the molecule is Cc1ccc(C(C)C)cc1OCC(=O)NCCc1cccc(F)c1. The predicted molar refractivity (Wildman–Crippen MR) is 93.9 cm³/mol. The summed E-state index contributed by atoms with van der Waals surface area (Å²) >= 11 is 0. The molecule has 2 rings (SSSR count). The summed E-state index contributed by atoms with van der Waals surface area (Å²) in [4.78, 5) is 11.9. The average Bonchev–Trinajstić information content (AvgIpc) is 2.54. The van der Waals surface area contributed by atoms with E-state index in [1.165, 1.54) is 17.7 Å². The van der Waals surface area contributed by atoms with Crippen molar-refractivity contribution < 1.29 is 13.9 Å². The third kappa shape index (κ3) is 5.37. The Morgan fingerprint density at radius 3 is 2.71 bits per heavy atom. The summed E-state index contributed by atoms with van der Waals surface area (Å²) in [6, 6.07) is 12.5. The van der Waals surface area contributed by atoms with Crippen LogP contribution in [0.15, 0.2) is 42.5 Å². The maximum Gasteiger partial charge on any atom is 0.257 e. The van der Waals surface area contributed by atoms with E-state index in [0.717, 1.165) is 16.9 Å². The number of nitrogens with one attached hydrogen (secondary N) is 1. The first-order chi connectivity index (χ1) is 11.5. The van der Waals surface area contributed by atoms with Crippen LogP contribution in [0.5, 0.6) is 5.75 Å². The normalized spacial score (nSPS) is 10.7. The van der Waals surface area contributed by atoms with E-state index in [4.69, 9.17) is 4.74 Å². The maximum atomic E-state index is 13.1. The largest absolute Gasteiger partial charge is 0.483 e. The molecule has 1 amide bonds. The molecular formula is C20H24FNO2. The van der Waals surface area contributed by atoms with Crippen molar-refractivity contribution in [1.82, 2.24) is 5.32 Å². The lowest BCUT2D eigenvalue weighted by molar-refractivity contribution is -0.123. The van der Waals surface area contributed by atoms with Gasteiger partial charge in [-0.05, 0) is 54.2 Å². The highest BCUT2D eigenvalue weighted by molar-refractivity contribution is 5.77. The van der Waals surface area contributed by atoms with Crippen molar-refractivity contribution in [2.24, 2.45) is 0 Å². The molecule has 2 aromatic rings. The second kappa shape index (κ2) is 8.48. The van der Waals surface area contributed by atoms with Crippen LogP contribution in [0.1, 0.15) is 36.5 Å². The highest BCUT2D eigenvalue weighted by atomic mass is 19.1. The molecule has 0 saturated carbocycles. The quantitative estimate of drug-likeness (QED) is 0.834. The zero-order chi connectivity index (χ0) is 17.5. The third-order valence-corrected chi connectivity index (χ3v) is 3.86. The predicted octanol–water partition coefficient (Wildman–Crippen LogP) is 4.00. The Hall–Kier alpha value is -2.36. The van der Waals surface area contributed by atoms with Crippen LogP contribution in [-0.2, 0) is 11.2 Å². The summed E-state index contributed by atoms with van der Waals surface area (Å²) in [5.41, 5.74) is 3.05. The zero-order valence-electron chi connectivity index (χ0n) is 14.4. The molecule has 0 aromatic heterocycles. The molecule has 0 saturated heterocycles. The van der Waals surface area contributed by atoms with Gasteiger partial charge in [-0.2, -0.15) is 0 Å². The fourth-order valence-electron chi connectivity index (χ4n) is 2.36. The highest BCUT2D eigenvalue weighted by Gasteiger charge is 2.07. The average molecular weight is 329 g/mol. The van der Waals surface area contributed by atoms with E-state index in [1.807, 2.05) is 25.1 Å². The molecular weight excluding hydrogens is 305 g/mol. The summed E-state index contributed by atoms with van der Waals surface area (Å²) in [6.07, 6.45) is 0.589. The number of halogens is 1. The van der Waals surface area contributed by atoms with Crippen molar-refractivity contribution in [3.63, 3.8) is 0 Å². The topological polar surface area (TPSA) is 38.3 Å². The van der Waals surface area contributed by atoms with Gasteiger partial charge >= 0.3 is 0 Å². The molecule has 0 bridgehead atoms. The van der Waals surface area contributed by atoms with Gasteiger partial charge in [0.2, 0.25) is 0 Å². The lowest BCUT2D eigenvalue weighted by Gasteiger charge is -2.13. The number of rotatable bonds is 7. The third-order valence-electron chi connectivity index (χ3n) is 3.86. The van der Waals surface area contributed by atoms with Crippen LogP contribution in [0.4, 0.5) is 4.39 Å². The highest BCUT2D eigenvalue weighted by Crippen LogP contribution is 2.24. The molecule has 0 radical (unpaired) electrons. The first-order valence-electron chi connectivity index (χ1n) is 8.20. The van der Waals surface area contributed by atoms with E-state index >= 15 is 0 Å². The van der Waals surface area contributed by atoms with Crippen LogP contribution >= 0.6 is 0 Å². The number of hydrogen-bond donors (Lipinski definition) is 1. The molecule has 0 aliphatic rings.